The van der Waals surface area contributed by atoms with Crippen LogP contribution in [0.25, 0.3) is 5.69 Å². The molecule has 0 bridgehead atoms. The molecule has 2 saturated heterocycles. The van der Waals surface area contributed by atoms with Gasteiger partial charge in [-0.2, -0.15) is 5.10 Å². The molecule has 154 valence electrons. The minimum Gasteiger partial charge on any atom is -0.342 e. The van der Waals surface area contributed by atoms with E-state index >= 15 is 0 Å². The van der Waals surface area contributed by atoms with Crippen molar-refractivity contribution in [2.24, 2.45) is 5.92 Å². The lowest BCUT2D eigenvalue weighted by atomic mass is 9.93. The molecule has 7 nitrogen and oxygen atoms in total. The zero-order valence-electron chi connectivity index (χ0n) is 17.3. The van der Waals surface area contributed by atoms with E-state index in [2.05, 4.69) is 46.5 Å². The molecular weight excluding hydrogens is 366 g/mol. The van der Waals surface area contributed by atoms with Crippen LogP contribution < -0.4 is 5.32 Å². The van der Waals surface area contributed by atoms with Crippen LogP contribution >= 0.6 is 0 Å². The molecule has 2 aromatic rings. The molecule has 2 fully saturated rings. The summed E-state index contributed by atoms with van der Waals surface area (Å²) in [6.45, 7) is 8.76. The molecule has 2 amide bonds. The molecule has 3 atom stereocenters. The summed E-state index contributed by atoms with van der Waals surface area (Å²) in [5.41, 5.74) is 3.34. The molecule has 0 unspecified atom stereocenters. The second kappa shape index (κ2) is 7.99. The third kappa shape index (κ3) is 3.92. The molecule has 0 saturated carbocycles. The first-order valence-electron chi connectivity index (χ1n) is 10.4. The summed E-state index contributed by atoms with van der Waals surface area (Å²) in [5, 5.41) is 7.43. The lowest BCUT2D eigenvalue weighted by molar-refractivity contribution is -0.154. The molecule has 29 heavy (non-hydrogen) atoms. The molecule has 2 aliphatic rings. The van der Waals surface area contributed by atoms with Crippen LogP contribution in [0.4, 0.5) is 0 Å². The van der Waals surface area contributed by atoms with Crippen molar-refractivity contribution in [3.05, 3.63) is 47.8 Å². The third-order valence-corrected chi connectivity index (χ3v) is 6.17. The Morgan fingerprint density at radius 1 is 1.21 bits per heavy atom. The van der Waals surface area contributed by atoms with E-state index in [1.54, 1.807) is 4.90 Å². The number of nitrogens with zero attached hydrogens (tertiary/aromatic N) is 4. The third-order valence-electron chi connectivity index (χ3n) is 6.17. The highest BCUT2D eigenvalue weighted by atomic mass is 16.2. The van der Waals surface area contributed by atoms with Gasteiger partial charge < -0.3 is 10.2 Å². The molecule has 1 N–H and O–H groups in total. The number of benzene rings is 1. The Kier molecular flexibility index (Phi) is 5.41. The summed E-state index contributed by atoms with van der Waals surface area (Å²) in [4.78, 5) is 29.5. The van der Waals surface area contributed by atoms with E-state index in [0.29, 0.717) is 19.6 Å². The Bertz CT molecular complexity index is 891. The second-order valence-electron chi connectivity index (χ2n) is 8.28. The van der Waals surface area contributed by atoms with Crippen molar-refractivity contribution in [1.82, 2.24) is 24.9 Å². The maximum Gasteiger partial charge on any atom is 0.246 e. The predicted molar refractivity (Wildman–Crippen MR) is 110 cm³/mol. The monoisotopic (exact) mass is 395 g/mol. The van der Waals surface area contributed by atoms with Gasteiger partial charge in [0, 0.05) is 37.9 Å². The number of fused-ring (bicyclic) bond motifs is 1. The van der Waals surface area contributed by atoms with Crippen LogP contribution in [0.3, 0.4) is 0 Å². The molecular formula is C22H29N5O2. The summed E-state index contributed by atoms with van der Waals surface area (Å²) in [6, 6.07) is 7.46. The van der Waals surface area contributed by atoms with Gasteiger partial charge in [0.05, 0.1) is 11.9 Å². The van der Waals surface area contributed by atoms with E-state index in [9.17, 15) is 9.59 Å². The normalized spacial score (nSPS) is 23.6. The van der Waals surface area contributed by atoms with Crippen molar-refractivity contribution in [2.75, 3.05) is 19.6 Å². The summed E-state index contributed by atoms with van der Waals surface area (Å²) >= 11 is 0. The summed E-state index contributed by atoms with van der Waals surface area (Å²) in [6.07, 6.45) is 4.77. The highest BCUT2D eigenvalue weighted by Gasteiger charge is 2.44. The lowest BCUT2D eigenvalue weighted by Crippen LogP contribution is -2.70. The minimum absolute atomic E-state index is 0.0325. The number of hydrogen-bond acceptors (Lipinski definition) is 4. The maximum absolute atomic E-state index is 12.8. The molecule has 4 rings (SSSR count). The highest BCUT2D eigenvalue weighted by Crippen LogP contribution is 2.22. The zero-order valence-corrected chi connectivity index (χ0v) is 17.3. The van der Waals surface area contributed by atoms with Gasteiger partial charge in [-0.25, -0.2) is 4.68 Å². The van der Waals surface area contributed by atoms with E-state index in [1.165, 1.54) is 5.56 Å². The Morgan fingerprint density at radius 2 is 1.97 bits per heavy atom. The largest absolute Gasteiger partial charge is 0.342 e. The van der Waals surface area contributed by atoms with Crippen molar-refractivity contribution < 1.29 is 9.59 Å². The Labute approximate surface area is 171 Å². The van der Waals surface area contributed by atoms with Gasteiger partial charge >= 0.3 is 0 Å². The fourth-order valence-corrected chi connectivity index (χ4v) is 4.12. The molecule has 0 radical (unpaired) electrons. The van der Waals surface area contributed by atoms with Gasteiger partial charge in [-0.05, 0) is 25.0 Å². The fourth-order valence-electron chi connectivity index (χ4n) is 4.12. The molecule has 7 heteroatoms. The number of rotatable bonds is 5. The van der Waals surface area contributed by atoms with E-state index in [-0.39, 0.29) is 23.8 Å². The minimum atomic E-state index is -0.399. The molecule has 0 aliphatic carbocycles. The maximum atomic E-state index is 12.8. The number of amides is 2. The molecule has 3 heterocycles. The van der Waals surface area contributed by atoms with Gasteiger partial charge in [-0.3, -0.25) is 14.5 Å². The van der Waals surface area contributed by atoms with Crippen molar-refractivity contribution in [2.45, 2.75) is 45.8 Å². The van der Waals surface area contributed by atoms with Crippen LogP contribution in [0, 0.1) is 12.8 Å². The van der Waals surface area contributed by atoms with Gasteiger partial charge in [0.1, 0.15) is 12.1 Å². The average Bonchev–Trinajstić information content (AvgIpc) is 3.19. The Morgan fingerprint density at radius 3 is 2.69 bits per heavy atom. The van der Waals surface area contributed by atoms with Gasteiger partial charge in [0.15, 0.2) is 0 Å². The van der Waals surface area contributed by atoms with Crippen LogP contribution in [0.5, 0.6) is 0 Å². The second-order valence-corrected chi connectivity index (χ2v) is 8.28. The van der Waals surface area contributed by atoms with Gasteiger partial charge in [0.25, 0.3) is 0 Å². The number of hydrogen-bond donors (Lipinski definition) is 1. The van der Waals surface area contributed by atoms with Crippen LogP contribution in [0.1, 0.15) is 31.4 Å². The smallest absolute Gasteiger partial charge is 0.246 e. The first kappa shape index (κ1) is 19.6. The number of carbonyl (C=O) groups is 2. The van der Waals surface area contributed by atoms with Crippen molar-refractivity contribution >= 4 is 11.8 Å². The number of aromatic nitrogens is 2. The lowest BCUT2D eigenvalue weighted by Gasteiger charge is -2.46. The fraction of sp³-hybridized carbons (Fsp3) is 0.500. The van der Waals surface area contributed by atoms with E-state index < -0.39 is 6.04 Å². The van der Waals surface area contributed by atoms with E-state index in [0.717, 1.165) is 24.2 Å². The standard InChI is InChI=1S/C22H29N5O2/c1-4-16(3)20-22(29)26-10-9-25(14-19(26)21(28)24-20)12-17-11-23-27(13-17)18-7-5-15(2)6-8-18/h5-8,11,13,16,19-20H,4,9-10,12,14H2,1-3H3,(H,24,28)/t16-,19+,20-/m0/s1. The number of carbonyl (C=O) groups excluding carboxylic acids is 2. The van der Waals surface area contributed by atoms with Crippen LogP contribution in [0.2, 0.25) is 0 Å². The van der Waals surface area contributed by atoms with Crippen LogP contribution in [-0.2, 0) is 16.1 Å². The van der Waals surface area contributed by atoms with Crippen molar-refractivity contribution in [3.63, 3.8) is 0 Å². The molecule has 2 aliphatic heterocycles. The summed E-state index contributed by atoms with van der Waals surface area (Å²) < 4.78 is 1.87. The first-order valence-corrected chi connectivity index (χ1v) is 10.4. The first-order chi connectivity index (χ1) is 14.0. The number of aryl methyl sites for hydroxylation is 1. The van der Waals surface area contributed by atoms with Crippen LogP contribution in [0.15, 0.2) is 36.7 Å². The van der Waals surface area contributed by atoms with Gasteiger partial charge in [-0.15, -0.1) is 0 Å². The molecule has 1 aromatic heterocycles. The predicted octanol–water partition coefficient (Wildman–Crippen LogP) is 1.74. The van der Waals surface area contributed by atoms with Crippen molar-refractivity contribution in [3.8, 4) is 5.69 Å². The molecule has 0 spiro atoms. The average molecular weight is 396 g/mol. The topological polar surface area (TPSA) is 70.5 Å². The quantitative estimate of drug-likeness (QED) is 0.837. The van der Waals surface area contributed by atoms with Gasteiger partial charge in [0.2, 0.25) is 11.8 Å². The van der Waals surface area contributed by atoms with E-state index in [1.807, 2.05) is 30.9 Å². The zero-order chi connectivity index (χ0) is 20.5. The van der Waals surface area contributed by atoms with Gasteiger partial charge in [-0.1, -0.05) is 38.0 Å². The van der Waals surface area contributed by atoms with Crippen LogP contribution in [-0.4, -0.2) is 63.1 Å². The number of piperazine rings is 2. The van der Waals surface area contributed by atoms with E-state index in [4.69, 9.17) is 0 Å². The number of nitrogens with one attached hydrogen (secondary N) is 1. The summed E-state index contributed by atoms with van der Waals surface area (Å²) in [7, 11) is 0. The Hall–Kier alpha value is -2.67. The summed E-state index contributed by atoms with van der Waals surface area (Å²) in [5.74, 6) is 0.184. The Balaban J connectivity index is 1.41. The highest BCUT2D eigenvalue weighted by molar-refractivity contribution is 5.97. The van der Waals surface area contributed by atoms with Crippen molar-refractivity contribution in [1.29, 1.82) is 0 Å². The molecule has 1 aromatic carbocycles. The SMILES string of the molecule is CC[C@H](C)[C@@H]1NC(=O)[C@H]2CN(Cc3cnn(-c4ccc(C)cc4)c3)CCN2C1=O.